The minimum atomic E-state index is 0.832. The molecule has 3 heterocycles. The quantitative estimate of drug-likeness (QED) is 0.0669. The second-order valence-corrected chi connectivity index (χ2v) is 36.9. The maximum absolute atomic E-state index is 6.66. The fraction of sp³-hybridized carbons (Fsp3) is 0. The van der Waals surface area contributed by atoms with Crippen molar-refractivity contribution in [3.8, 4) is 44.5 Å². The first kappa shape index (κ1) is 81.4. The number of benzene rings is 22. The molecule has 0 unspecified atom stereocenters. The van der Waals surface area contributed by atoms with Crippen LogP contribution in [0.25, 0.3) is 128 Å². The Bertz CT molecular complexity index is 8750. The lowest BCUT2D eigenvalue weighted by Crippen LogP contribution is -2.17. The van der Waals surface area contributed by atoms with E-state index in [4.69, 9.17) is 4.42 Å². The summed E-state index contributed by atoms with van der Waals surface area (Å²) in [6, 6.07) is 190. The molecule has 0 aliphatic carbocycles. The number of anilines is 18. The van der Waals surface area contributed by atoms with Crippen LogP contribution in [-0.2, 0) is 0 Å². The van der Waals surface area contributed by atoms with Gasteiger partial charge in [-0.1, -0.05) is 291 Å². The zero-order valence-electron chi connectivity index (χ0n) is 74.6. The Balaban J connectivity index is 0.579. The van der Waals surface area contributed by atoms with Gasteiger partial charge in [-0.3, -0.25) is 0 Å². The lowest BCUT2D eigenvalue weighted by atomic mass is 9.93. The van der Waals surface area contributed by atoms with Gasteiger partial charge in [0, 0.05) is 153 Å². The molecule has 0 atom stereocenters. The fourth-order valence-corrected chi connectivity index (χ4v) is 22.5. The number of para-hydroxylation sites is 8. The molecule has 22 aromatic carbocycles. The maximum atomic E-state index is 6.66. The van der Waals surface area contributed by atoms with E-state index in [-0.39, 0.29) is 0 Å². The van der Waals surface area contributed by atoms with Crippen molar-refractivity contribution in [1.29, 1.82) is 0 Å². The van der Waals surface area contributed by atoms with Crippen LogP contribution in [-0.4, -0.2) is 0 Å². The van der Waals surface area contributed by atoms with Gasteiger partial charge in [0.2, 0.25) is 0 Å². The van der Waals surface area contributed by atoms with E-state index in [2.05, 4.69) is 545 Å². The molecular weight excluding hydrogens is 1700 g/mol. The molecule has 137 heavy (non-hydrogen) atoms. The lowest BCUT2D eigenvalue weighted by Gasteiger charge is -2.33. The molecule has 0 aliphatic heterocycles. The largest absolute Gasteiger partial charge is 0.456 e. The van der Waals surface area contributed by atoms with Crippen LogP contribution in [0.2, 0.25) is 0 Å². The fourth-order valence-electron chi connectivity index (χ4n) is 20.1. The van der Waals surface area contributed by atoms with Gasteiger partial charge in [0.15, 0.2) is 0 Å². The third-order valence-electron chi connectivity index (χ3n) is 26.5. The summed E-state index contributed by atoms with van der Waals surface area (Å²) in [5, 5.41) is 11.6. The first-order valence-electron chi connectivity index (χ1n) is 46.5. The summed E-state index contributed by atoms with van der Waals surface area (Å²) < 4.78 is 11.5. The molecule has 646 valence electrons. The highest BCUT2D eigenvalue weighted by atomic mass is 32.1. The highest BCUT2D eigenvalue weighted by Gasteiger charge is 2.29. The Morgan fingerprint density at radius 3 is 1.07 bits per heavy atom. The summed E-state index contributed by atoms with van der Waals surface area (Å²) in [5.74, 6) is 0. The topological polar surface area (TPSA) is 32.6 Å². The third kappa shape index (κ3) is 15.2. The van der Waals surface area contributed by atoms with Gasteiger partial charge in [-0.05, 0) is 274 Å². The monoisotopic (exact) mass is 1790 g/mol. The Morgan fingerprint density at radius 1 is 0.146 bits per heavy atom. The molecular formula is C128H86N6OS2. The van der Waals surface area contributed by atoms with Crippen molar-refractivity contribution in [3.05, 3.63) is 522 Å². The molecule has 25 aromatic rings. The summed E-state index contributed by atoms with van der Waals surface area (Å²) >= 11 is 3.69. The van der Waals surface area contributed by atoms with Crippen LogP contribution < -0.4 is 29.4 Å². The predicted molar refractivity (Wildman–Crippen MR) is 584 cm³/mol. The average molecular weight is 1790 g/mol. The van der Waals surface area contributed by atoms with Gasteiger partial charge < -0.3 is 33.8 Å². The van der Waals surface area contributed by atoms with Crippen molar-refractivity contribution in [2.75, 3.05) is 29.4 Å². The molecule has 0 fully saturated rings. The third-order valence-corrected chi connectivity index (χ3v) is 28.8. The number of hydrogen-bond donors (Lipinski definition) is 0. The zero-order valence-corrected chi connectivity index (χ0v) is 76.2. The normalized spacial score (nSPS) is 11.5. The molecule has 25 rings (SSSR count). The summed E-state index contributed by atoms with van der Waals surface area (Å²) in [6.45, 7) is 0. The molecule has 0 radical (unpaired) electrons. The summed E-state index contributed by atoms with van der Waals surface area (Å²) in [5.41, 5.74) is 29.6. The molecule has 0 N–H and O–H groups in total. The smallest absolute Gasteiger partial charge is 0.137 e. The van der Waals surface area contributed by atoms with E-state index in [0.29, 0.717) is 0 Å². The van der Waals surface area contributed by atoms with Crippen LogP contribution in [0.15, 0.2) is 526 Å². The summed E-state index contributed by atoms with van der Waals surface area (Å²) in [4.78, 5) is 14.4. The summed E-state index contributed by atoms with van der Waals surface area (Å²) in [7, 11) is 0. The number of fused-ring (bicyclic) bond motifs is 11. The van der Waals surface area contributed by atoms with E-state index < -0.39 is 0 Å². The second-order valence-electron chi connectivity index (χ2n) is 34.7. The Labute approximate surface area is 802 Å². The lowest BCUT2D eigenvalue weighted by molar-refractivity contribution is 0.669. The van der Waals surface area contributed by atoms with E-state index in [0.717, 1.165) is 174 Å². The average Bonchev–Trinajstić information content (AvgIpc) is 1.60. The Kier molecular flexibility index (Phi) is 20.9. The van der Waals surface area contributed by atoms with Crippen LogP contribution in [0.5, 0.6) is 0 Å². The van der Waals surface area contributed by atoms with Crippen molar-refractivity contribution in [1.82, 2.24) is 0 Å². The molecule has 0 aliphatic rings. The molecule has 0 spiro atoms. The van der Waals surface area contributed by atoms with Crippen LogP contribution in [0.4, 0.5) is 102 Å². The number of thiophene rings is 2. The van der Waals surface area contributed by atoms with Gasteiger partial charge in [-0.15, -0.1) is 22.7 Å². The molecule has 3 aromatic heterocycles. The van der Waals surface area contributed by atoms with E-state index in [9.17, 15) is 0 Å². The van der Waals surface area contributed by atoms with Crippen molar-refractivity contribution in [2.45, 2.75) is 0 Å². The number of rotatable bonds is 22. The van der Waals surface area contributed by atoms with Gasteiger partial charge >= 0.3 is 0 Å². The highest BCUT2D eigenvalue weighted by molar-refractivity contribution is 7.26. The molecule has 0 saturated carbocycles. The molecule has 7 nitrogen and oxygen atoms in total. The Hall–Kier alpha value is -17.6. The molecule has 0 amide bonds. The van der Waals surface area contributed by atoms with Gasteiger partial charge in [0.1, 0.15) is 11.2 Å². The van der Waals surface area contributed by atoms with Crippen LogP contribution >= 0.6 is 22.7 Å². The molecule has 0 bridgehead atoms. The highest BCUT2D eigenvalue weighted by Crippen LogP contribution is 2.54. The van der Waals surface area contributed by atoms with Gasteiger partial charge in [-0.25, -0.2) is 0 Å². The van der Waals surface area contributed by atoms with E-state index in [1.165, 1.54) is 56.7 Å². The number of furan rings is 1. The number of hydrogen-bond acceptors (Lipinski definition) is 9. The zero-order chi connectivity index (χ0) is 90.6. The van der Waals surface area contributed by atoms with Crippen LogP contribution in [0, 0.1) is 0 Å². The van der Waals surface area contributed by atoms with Crippen LogP contribution in [0.1, 0.15) is 0 Å². The summed E-state index contributed by atoms with van der Waals surface area (Å²) in [6.07, 6.45) is 0. The van der Waals surface area contributed by atoms with Gasteiger partial charge in [-0.2, -0.15) is 0 Å². The van der Waals surface area contributed by atoms with Crippen molar-refractivity contribution in [2.24, 2.45) is 0 Å². The SMILES string of the molecule is c1ccc(-c2cc(-c3ccc(N(c4cc(-c5ccccc5)c5sc6cc(N(c7ccccc7)c7ccccc7N(c7ccccc7)c7cccc8ccccc78)ccc6c5c4)c4cccc5ccccc45)cc3)cc(-c3cccc(N(c4ccccc4)c4ccc(N(c5ccc6c(c5)oc5ccccc56)c5ccc6c(c5)sc5ccc(N(c7ccccc7)c7ccccc7)cc56)cc4)c3)c2)cc1. The van der Waals surface area contributed by atoms with E-state index >= 15 is 0 Å². The van der Waals surface area contributed by atoms with E-state index in [1.54, 1.807) is 0 Å². The van der Waals surface area contributed by atoms with Gasteiger partial charge in [0.05, 0.1) is 22.7 Å². The van der Waals surface area contributed by atoms with Gasteiger partial charge in [0.25, 0.3) is 0 Å². The second kappa shape index (κ2) is 35.2. The van der Waals surface area contributed by atoms with Crippen molar-refractivity contribution < 1.29 is 4.42 Å². The van der Waals surface area contributed by atoms with Crippen molar-refractivity contribution >= 4 is 209 Å². The first-order chi connectivity index (χ1) is 67.9. The molecule has 0 saturated heterocycles. The van der Waals surface area contributed by atoms with Crippen LogP contribution in [0.3, 0.4) is 0 Å². The maximum Gasteiger partial charge on any atom is 0.137 e. The predicted octanol–water partition coefficient (Wildman–Crippen LogP) is 38.1. The van der Waals surface area contributed by atoms with E-state index in [1.807, 2.05) is 28.7 Å². The Morgan fingerprint density at radius 2 is 0.482 bits per heavy atom. The minimum absolute atomic E-state index is 0.832. The van der Waals surface area contributed by atoms with Crippen molar-refractivity contribution in [3.63, 3.8) is 0 Å². The molecule has 9 heteroatoms. The standard InChI is InChI=1S/C128H86N6OS2/c1-8-33-87(34-9-1)93-77-94(79-95(78-93)92-41-30-52-104(80-92)130(98-46-16-5-17-47-98)101-65-67-102(68-66-101)131(106-69-73-113-112-55-26-29-60-123(112)135-124(113)84-106)107-70-74-114-117-81-105(72-76-125(117)136-126(114)85-107)129(96-42-12-3-13-43-96)97-44-14-4-15-45-97)88-61-63-103(64-62-88)133(119-58-31-39-89-37-22-24-53-110(89)119)109-82-116(91-35-10-2-11-36-91)128-118(83-109)115-75-71-108(86-127(115)137-128)132(99-48-18-6-19-49-99)121-56-27-28-57-122(121)134(100-50-20-7-21-51-100)120-59-32-40-90-38-23-25-54-111(90)120/h1-86H. The number of nitrogens with zero attached hydrogens (tertiary/aromatic N) is 6. The first-order valence-corrected chi connectivity index (χ1v) is 48.1. The minimum Gasteiger partial charge on any atom is -0.456 e.